The Bertz CT molecular complexity index is 663. The first-order chi connectivity index (χ1) is 9.09. The molecule has 1 aliphatic carbocycles. The predicted molar refractivity (Wildman–Crippen MR) is 90.9 cm³/mol. The van der Waals surface area contributed by atoms with Gasteiger partial charge in [0.05, 0.1) is 16.6 Å². The number of hydrogen-bond donors (Lipinski definition) is 0. The molecule has 0 N–H and O–H groups in total. The molecule has 1 heterocycles. The first kappa shape index (κ1) is 13.7. The molecule has 2 aromatic rings. The van der Waals surface area contributed by atoms with Crippen molar-refractivity contribution in [1.29, 1.82) is 0 Å². The fourth-order valence-electron chi connectivity index (χ4n) is 2.10. The van der Waals surface area contributed by atoms with Gasteiger partial charge in [0.1, 0.15) is 5.76 Å². The normalized spacial score (nSPS) is 14.7. The van der Waals surface area contributed by atoms with Gasteiger partial charge in [-0.05, 0) is 75.5 Å². The molecule has 0 amide bonds. The minimum absolute atomic E-state index is 0.517. The second-order valence-electron chi connectivity index (χ2n) is 4.74. The number of halogens is 2. The third-order valence-corrected chi connectivity index (χ3v) is 6.48. The molecule has 1 saturated carbocycles. The Kier molecular flexibility index (Phi) is 3.79. The maximum Gasteiger partial charge on any atom is 0.148 e. The van der Waals surface area contributed by atoms with E-state index in [2.05, 4.69) is 62.7 Å². The van der Waals surface area contributed by atoms with Crippen molar-refractivity contribution in [3.8, 4) is 0 Å². The van der Waals surface area contributed by atoms with Crippen molar-refractivity contribution in [3.05, 3.63) is 48.8 Å². The molecule has 0 atom stereocenters. The summed E-state index contributed by atoms with van der Waals surface area (Å²) < 4.78 is 7.67. The maximum atomic E-state index is 5.64. The van der Waals surface area contributed by atoms with E-state index in [0.717, 1.165) is 26.2 Å². The van der Waals surface area contributed by atoms with Gasteiger partial charge in [-0.25, -0.2) is 0 Å². The van der Waals surface area contributed by atoms with Gasteiger partial charge >= 0.3 is 0 Å². The van der Waals surface area contributed by atoms with Crippen molar-refractivity contribution in [3.63, 3.8) is 0 Å². The second kappa shape index (κ2) is 5.26. The van der Waals surface area contributed by atoms with Crippen LogP contribution in [0.5, 0.6) is 0 Å². The molecular formula is C14H11BrINOS. The molecule has 0 aliphatic heterocycles. The molecule has 0 radical (unpaired) electrons. The van der Waals surface area contributed by atoms with Gasteiger partial charge in [0.2, 0.25) is 0 Å². The minimum Gasteiger partial charge on any atom is -0.360 e. The molecule has 3 rings (SSSR count). The summed E-state index contributed by atoms with van der Waals surface area (Å²) in [5, 5.41) is 3.92. The van der Waals surface area contributed by atoms with Gasteiger partial charge in [-0.3, -0.25) is 0 Å². The first-order valence-electron chi connectivity index (χ1n) is 6.03. The predicted octanol–water partition coefficient (Wildman–Crippen LogP) is 4.99. The van der Waals surface area contributed by atoms with E-state index in [1.165, 1.54) is 22.0 Å². The van der Waals surface area contributed by atoms with E-state index in [1.54, 1.807) is 6.20 Å². The highest BCUT2D eigenvalue weighted by Gasteiger charge is 2.31. The molecule has 0 spiro atoms. The Balaban J connectivity index is 2.04. The van der Waals surface area contributed by atoms with E-state index in [0.29, 0.717) is 5.92 Å². The largest absolute Gasteiger partial charge is 0.360 e. The van der Waals surface area contributed by atoms with Crippen molar-refractivity contribution in [2.75, 3.05) is 0 Å². The van der Waals surface area contributed by atoms with Crippen LogP contribution in [0.15, 0.2) is 27.3 Å². The number of thiocarbonyl (C=S) groups is 1. The molecule has 1 aromatic carbocycles. The fourth-order valence-corrected chi connectivity index (χ4v) is 3.41. The van der Waals surface area contributed by atoms with Crippen LogP contribution in [0, 0.1) is 10.5 Å². The average molecular weight is 448 g/mol. The molecule has 2 nitrogen and oxygen atoms in total. The lowest BCUT2D eigenvalue weighted by molar-refractivity contribution is 0.384. The van der Waals surface area contributed by atoms with Crippen LogP contribution in [-0.4, -0.2) is 10.0 Å². The van der Waals surface area contributed by atoms with E-state index < -0.39 is 0 Å². The molecule has 1 aliphatic rings. The Morgan fingerprint density at radius 2 is 2.16 bits per heavy atom. The maximum absolute atomic E-state index is 5.64. The van der Waals surface area contributed by atoms with Crippen LogP contribution in [0.25, 0.3) is 0 Å². The standard InChI is InChI=1S/C14H11BrINOS/c1-7-9(4-5-11(16)12(7)15)14(19)10-6-17-18-13(10)8-2-3-8/h4-6,8H,2-3H2,1H3. The van der Waals surface area contributed by atoms with E-state index in [1.807, 2.05) is 0 Å². The molecule has 1 fully saturated rings. The van der Waals surface area contributed by atoms with E-state index >= 15 is 0 Å². The molecule has 0 bridgehead atoms. The Hall–Kier alpha value is -0.270. The van der Waals surface area contributed by atoms with Crippen LogP contribution in [0.2, 0.25) is 0 Å². The Morgan fingerprint density at radius 1 is 1.42 bits per heavy atom. The van der Waals surface area contributed by atoms with Crippen LogP contribution in [-0.2, 0) is 0 Å². The summed E-state index contributed by atoms with van der Waals surface area (Å²) in [6.45, 7) is 2.08. The summed E-state index contributed by atoms with van der Waals surface area (Å²) in [6.07, 6.45) is 4.11. The van der Waals surface area contributed by atoms with Crippen molar-refractivity contribution in [2.24, 2.45) is 0 Å². The van der Waals surface area contributed by atoms with Crippen molar-refractivity contribution < 1.29 is 4.52 Å². The Labute approximate surface area is 139 Å². The SMILES string of the molecule is Cc1c(C(=S)c2cnoc2C2CC2)ccc(I)c1Br. The zero-order valence-corrected chi connectivity index (χ0v) is 14.8. The lowest BCUT2D eigenvalue weighted by Crippen LogP contribution is -2.04. The molecular weight excluding hydrogens is 437 g/mol. The summed E-state index contributed by atoms with van der Waals surface area (Å²) in [5.74, 6) is 1.47. The topological polar surface area (TPSA) is 26.0 Å². The van der Waals surface area contributed by atoms with Crippen LogP contribution >= 0.6 is 50.7 Å². The van der Waals surface area contributed by atoms with E-state index in [-0.39, 0.29) is 0 Å². The van der Waals surface area contributed by atoms with Crippen LogP contribution < -0.4 is 0 Å². The number of hydrogen-bond acceptors (Lipinski definition) is 3. The third-order valence-electron chi connectivity index (χ3n) is 3.37. The van der Waals surface area contributed by atoms with E-state index in [9.17, 15) is 0 Å². The third kappa shape index (κ3) is 2.52. The number of rotatable bonds is 3. The lowest BCUT2D eigenvalue weighted by atomic mass is 10.00. The molecule has 1 aromatic heterocycles. The van der Waals surface area contributed by atoms with Crippen molar-refractivity contribution in [2.45, 2.75) is 25.7 Å². The van der Waals surface area contributed by atoms with Gasteiger partial charge < -0.3 is 4.52 Å². The van der Waals surface area contributed by atoms with Crippen LogP contribution in [0.1, 0.15) is 41.2 Å². The zero-order valence-electron chi connectivity index (χ0n) is 10.2. The van der Waals surface area contributed by atoms with Crippen LogP contribution in [0.3, 0.4) is 0 Å². The average Bonchev–Trinajstić information content (AvgIpc) is 3.13. The molecule has 0 saturated heterocycles. The number of aromatic nitrogens is 1. The summed E-state index contributed by atoms with van der Waals surface area (Å²) in [6, 6.07) is 4.15. The minimum atomic E-state index is 0.517. The zero-order chi connectivity index (χ0) is 13.6. The highest BCUT2D eigenvalue weighted by Crippen LogP contribution is 2.42. The monoisotopic (exact) mass is 447 g/mol. The summed E-state index contributed by atoms with van der Waals surface area (Å²) in [7, 11) is 0. The van der Waals surface area contributed by atoms with Gasteiger partial charge in [0, 0.05) is 14.0 Å². The molecule has 98 valence electrons. The van der Waals surface area contributed by atoms with Gasteiger partial charge in [-0.15, -0.1) is 0 Å². The lowest BCUT2D eigenvalue weighted by Gasteiger charge is -2.10. The van der Waals surface area contributed by atoms with Crippen LogP contribution in [0.4, 0.5) is 0 Å². The summed E-state index contributed by atoms with van der Waals surface area (Å²) in [4.78, 5) is 0.831. The molecule has 0 unspecified atom stereocenters. The molecule has 19 heavy (non-hydrogen) atoms. The number of nitrogens with zero attached hydrogens (tertiary/aromatic N) is 1. The fraction of sp³-hybridized carbons (Fsp3) is 0.286. The first-order valence-corrected chi connectivity index (χ1v) is 8.31. The van der Waals surface area contributed by atoms with Crippen molar-refractivity contribution in [1.82, 2.24) is 5.16 Å². The number of benzene rings is 1. The van der Waals surface area contributed by atoms with E-state index in [4.69, 9.17) is 16.7 Å². The second-order valence-corrected chi connectivity index (χ2v) is 7.10. The summed E-state index contributed by atoms with van der Waals surface area (Å²) in [5.41, 5.74) is 3.22. The smallest absolute Gasteiger partial charge is 0.148 e. The summed E-state index contributed by atoms with van der Waals surface area (Å²) >= 11 is 11.6. The molecule has 5 heteroatoms. The quantitative estimate of drug-likeness (QED) is 0.376. The highest BCUT2D eigenvalue weighted by atomic mass is 127. The van der Waals surface area contributed by atoms with Gasteiger partial charge in [0.15, 0.2) is 0 Å². The Morgan fingerprint density at radius 3 is 2.84 bits per heavy atom. The van der Waals surface area contributed by atoms with Gasteiger partial charge in [-0.2, -0.15) is 0 Å². The highest BCUT2D eigenvalue weighted by molar-refractivity contribution is 14.1. The van der Waals surface area contributed by atoms with Crippen molar-refractivity contribution >= 4 is 55.6 Å². The van der Waals surface area contributed by atoms with Gasteiger partial charge in [0.25, 0.3) is 0 Å². The van der Waals surface area contributed by atoms with Gasteiger partial charge in [-0.1, -0.05) is 23.4 Å².